The number of thiophene rings is 1. The van der Waals surface area contributed by atoms with Gasteiger partial charge in [0.1, 0.15) is 0 Å². The van der Waals surface area contributed by atoms with Crippen LogP contribution in [0.1, 0.15) is 9.75 Å². The van der Waals surface area contributed by atoms with Gasteiger partial charge in [-0.15, -0.1) is 11.3 Å². The third-order valence-electron chi connectivity index (χ3n) is 2.63. The average Bonchev–Trinajstić information content (AvgIpc) is 2.81. The summed E-state index contributed by atoms with van der Waals surface area (Å²) in [6.07, 6.45) is 0. The highest BCUT2D eigenvalue weighted by Crippen LogP contribution is 2.17. The third kappa shape index (κ3) is 3.57. The van der Waals surface area contributed by atoms with Gasteiger partial charge in [0.25, 0.3) is 0 Å². The van der Waals surface area contributed by atoms with Crippen LogP contribution in [0.5, 0.6) is 0 Å². The average molecular weight is 292 g/mol. The summed E-state index contributed by atoms with van der Waals surface area (Å²) in [5.41, 5.74) is 0. The quantitative estimate of drug-likeness (QED) is 0.909. The van der Waals surface area contributed by atoms with E-state index < -0.39 is 0 Å². The van der Waals surface area contributed by atoms with Crippen molar-refractivity contribution in [3.63, 3.8) is 0 Å². The normalized spacial score (nSPS) is 10.4. The number of anilines is 3. The number of hydrogen-bond acceptors (Lipinski definition) is 7. The lowest BCUT2D eigenvalue weighted by Gasteiger charge is -2.16. The second kappa shape index (κ2) is 6.04. The van der Waals surface area contributed by atoms with Crippen molar-refractivity contribution in [3.8, 4) is 0 Å². The smallest absolute Gasteiger partial charge is 0.231 e. The Morgan fingerprint density at radius 3 is 2.05 bits per heavy atom. The van der Waals surface area contributed by atoms with Gasteiger partial charge >= 0.3 is 0 Å². The summed E-state index contributed by atoms with van der Waals surface area (Å²) in [5.74, 6) is 1.89. The Hall–Kier alpha value is -1.89. The standard InChI is InChI=1S/C13H20N6S/c1-9-6-7-10(20-9)8-14-11-15-12(18(2)3)17-13(16-11)19(4)5/h6-7H,8H2,1-5H3,(H,14,15,16,17). The molecule has 2 heterocycles. The lowest BCUT2D eigenvalue weighted by atomic mass is 10.4. The number of aryl methyl sites for hydroxylation is 1. The van der Waals surface area contributed by atoms with Crippen LogP contribution in [0.2, 0.25) is 0 Å². The maximum absolute atomic E-state index is 4.41. The second-order valence-electron chi connectivity index (χ2n) is 4.91. The van der Waals surface area contributed by atoms with Gasteiger partial charge in [0.15, 0.2) is 0 Å². The number of hydrogen-bond donors (Lipinski definition) is 1. The lowest BCUT2D eigenvalue weighted by Crippen LogP contribution is -2.20. The fourth-order valence-corrected chi connectivity index (χ4v) is 2.41. The van der Waals surface area contributed by atoms with Crippen LogP contribution in [0.3, 0.4) is 0 Å². The predicted molar refractivity (Wildman–Crippen MR) is 84.9 cm³/mol. The number of rotatable bonds is 5. The number of nitrogens with zero attached hydrogens (tertiary/aromatic N) is 5. The fourth-order valence-electron chi connectivity index (χ4n) is 1.58. The summed E-state index contributed by atoms with van der Waals surface area (Å²) < 4.78 is 0. The van der Waals surface area contributed by atoms with Crippen molar-refractivity contribution in [2.45, 2.75) is 13.5 Å². The molecule has 0 aliphatic rings. The molecule has 0 bridgehead atoms. The molecule has 0 aromatic carbocycles. The molecule has 20 heavy (non-hydrogen) atoms. The van der Waals surface area contributed by atoms with Crippen molar-refractivity contribution < 1.29 is 0 Å². The Morgan fingerprint density at radius 2 is 1.60 bits per heavy atom. The molecule has 2 aromatic heterocycles. The lowest BCUT2D eigenvalue weighted by molar-refractivity contribution is 0.908. The summed E-state index contributed by atoms with van der Waals surface area (Å²) in [5, 5.41) is 3.26. The first-order valence-corrected chi connectivity index (χ1v) is 7.17. The van der Waals surface area contributed by atoms with Gasteiger partial charge in [-0.1, -0.05) is 0 Å². The number of aromatic nitrogens is 3. The Balaban J connectivity index is 2.17. The van der Waals surface area contributed by atoms with Crippen LogP contribution in [-0.4, -0.2) is 43.1 Å². The Kier molecular flexibility index (Phi) is 4.39. The van der Waals surface area contributed by atoms with Crippen molar-refractivity contribution in [2.24, 2.45) is 0 Å². The Bertz CT molecular complexity index is 552. The predicted octanol–water partition coefficient (Wildman–Crippen LogP) is 1.99. The topological polar surface area (TPSA) is 57.2 Å². The van der Waals surface area contributed by atoms with Crippen LogP contribution >= 0.6 is 11.3 Å². The van der Waals surface area contributed by atoms with E-state index in [1.165, 1.54) is 9.75 Å². The Morgan fingerprint density at radius 1 is 1.00 bits per heavy atom. The third-order valence-corrected chi connectivity index (χ3v) is 3.63. The van der Waals surface area contributed by atoms with Crippen molar-refractivity contribution in [2.75, 3.05) is 43.3 Å². The van der Waals surface area contributed by atoms with Gasteiger partial charge in [0, 0.05) is 37.9 Å². The van der Waals surface area contributed by atoms with Crippen LogP contribution in [-0.2, 0) is 6.54 Å². The van der Waals surface area contributed by atoms with E-state index in [4.69, 9.17) is 0 Å². The first-order chi connectivity index (χ1) is 9.45. The van der Waals surface area contributed by atoms with Crippen molar-refractivity contribution in [3.05, 3.63) is 21.9 Å². The first kappa shape index (κ1) is 14.5. The molecule has 0 fully saturated rings. The molecule has 0 radical (unpaired) electrons. The minimum atomic E-state index is 0.596. The monoisotopic (exact) mass is 292 g/mol. The highest BCUT2D eigenvalue weighted by atomic mass is 32.1. The molecule has 0 aliphatic heterocycles. The van der Waals surface area contributed by atoms with Crippen LogP contribution < -0.4 is 15.1 Å². The molecule has 0 saturated carbocycles. The molecule has 7 heteroatoms. The van der Waals surface area contributed by atoms with Crippen molar-refractivity contribution in [1.29, 1.82) is 0 Å². The highest BCUT2D eigenvalue weighted by molar-refractivity contribution is 7.11. The van der Waals surface area contributed by atoms with Gasteiger partial charge < -0.3 is 15.1 Å². The minimum Gasteiger partial charge on any atom is -0.349 e. The summed E-state index contributed by atoms with van der Waals surface area (Å²) in [7, 11) is 7.67. The highest BCUT2D eigenvalue weighted by Gasteiger charge is 2.09. The molecule has 0 amide bonds. The molecule has 1 N–H and O–H groups in total. The molecule has 108 valence electrons. The zero-order chi connectivity index (χ0) is 14.7. The SMILES string of the molecule is Cc1ccc(CNc2nc(N(C)C)nc(N(C)C)n2)s1. The van der Waals surface area contributed by atoms with Crippen LogP contribution in [0, 0.1) is 6.92 Å². The minimum absolute atomic E-state index is 0.596. The van der Waals surface area contributed by atoms with E-state index in [1.54, 1.807) is 11.3 Å². The summed E-state index contributed by atoms with van der Waals surface area (Å²) >= 11 is 1.77. The summed E-state index contributed by atoms with van der Waals surface area (Å²) in [6, 6.07) is 4.24. The van der Waals surface area contributed by atoms with E-state index in [9.17, 15) is 0 Å². The summed E-state index contributed by atoms with van der Waals surface area (Å²) in [6.45, 7) is 2.83. The zero-order valence-electron chi connectivity index (χ0n) is 12.5. The van der Waals surface area contributed by atoms with E-state index >= 15 is 0 Å². The van der Waals surface area contributed by atoms with E-state index in [1.807, 2.05) is 38.0 Å². The van der Waals surface area contributed by atoms with E-state index in [0.29, 0.717) is 17.8 Å². The molecular formula is C13H20N6S. The van der Waals surface area contributed by atoms with Gasteiger partial charge in [-0.3, -0.25) is 0 Å². The van der Waals surface area contributed by atoms with Crippen LogP contribution in [0.15, 0.2) is 12.1 Å². The molecule has 0 saturated heterocycles. The molecule has 0 unspecified atom stereocenters. The van der Waals surface area contributed by atoms with E-state index in [0.717, 1.165) is 6.54 Å². The van der Waals surface area contributed by atoms with Crippen LogP contribution in [0.25, 0.3) is 0 Å². The van der Waals surface area contributed by atoms with Crippen molar-refractivity contribution in [1.82, 2.24) is 15.0 Å². The zero-order valence-corrected chi connectivity index (χ0v) is 13.3. The fraction of sp³-hybridized carbons (Fsp3) is 0.462. The van der Waals surface area contributed by atoms with E-state index in [-0.39, 0.29) is 0 Å². The van der Waals surface area contributed by atoms with Gasteiger partial charge in [-0.25, -0.2) is 0 Å². The van der Waals surface area contributed by atoms with Gasteiger partial charge in [0.2, 0.25) is 17.8 Å². The summed E-state index contributed by atoms with van der Waals surface area (Å²) in [4.78, 5) is 19.5. The molecule has 2 rings (SSSR count). The van der Waals surface area contributed by atoms with Crippen LogP contribution in [0.4, 0.5) is 17.8 Å². The number of nitrogens with one attached hydrogen (secondary N) is 1. The molecular weight excluding hydrogens is 272 g/mol. The maximum atomic E-state index is 4.41. The first-order valence-electron chi connectivity index (χ1n) is 6.35. The largest absolute Gasteiger partial charge is 0.349 e. The molecule has 6 nitrogen and oxygen atoms in total. The van der Waals surface area contributed by atoms with Crippen molar-refractivity contribution >= 4 is 29.2 Å². The molecule has 0 aliphatic carbocycles. The molecule has 2 aromatic rings. The maximum Gasteiger partial charge on any atom is 0.231 e. The van der Waals surface area contributed by atoms with Gasteiger partial charge in [-0.05, 0) is 19.1 Å². The van der Waals surface area contributed by atoms with Gasteiger partial charge in [-0.2, -0.15) is 15.0 Å². The van der Waals surface area contributed by atoms with E-state index in [2.05, 4.69) is 39.3 Å². The molecule has 0 atom stereocenters. The van der Waals surface area contributed by atoms with Gasteiger partial charge in [0.05, 0.1) is 6.54 Å². The second-order valence-corrected chi connectivity index (χ2v) is 6.29. The Labute approximate surface area is 123 Å². The molecule has 0 spiro atoms.